The van der Waals surface area contributed by atoms with E-state index in [1.807, 2.05) is 0 Å². The van der Waals surface area contributed by atoms with Crippen molar-refractivity contribution in [2.45, 2.75) is 31.7 Å². The minimum Gasteiger partial charge on any atom is -0.469 e. The highest BCUT2D eigenvalue weighted by atomic mass is 16.6. The first-order valence-corrected chi connectivity index (χ1v) is 6.58. The molecule has 3 aliphatic rings. The van der Waals surface area contributed by atoms with Crippen molar-refractivity contribution >= 4 is 17.7 Å². The van der Waals surface area contributed by atoms with E-state index < -0.39 is 36.0 Å². The van der Waals surface area contributed by atoms with Gasteiger partial charge < -0.3 is 14.2 Å². The van der Waals surface area contributed by atoms with Gasteiger partial charge in [-0.2, -0.15) is 0 Å². The molecule has 2 heterocycles. The standard InChI is InChI=1S/C14H16O6/c1-5(2)13(16)20-11-6-4-7(15)8-9(14(17)18-3)12(11)19-10(6)8/h6,8-12H,1,4H2,2-3H3. The normalized spacial score (nSPS) is 40.8. The lowest BCUT2D eigenvalue weighted by Gasteiger charge is -2.28. The predicted octanol–water partition coefficient (Wildman–Crippen LogP) is 0.250. The Labute approximate surface area is 116 Å². The number of esters is 2. The maximum atomic E-state index is 12.0. The summed E-state index contributed by atoms with van der Waals surface area (Å²) in [5.41, 5.74) is 0.281. The lowest BCUT2D eigenvalue weighted by Crippen LogP contribution is -2.45. The van der Waals surface area contributed by atoms with Crippen molar-refractivity contribution in [3.8, 4) is 0 Å². The van der Waals surface area contributed by atoms with Crippen LogP contribution in [-0.4, -0.2) is 43.1 Å². The predicted molar refractivity (Wildman–Crippen MR) is 65.5 cm³/mol. The Morgan fingerprint density at radius 2 is 2.05 bits per heavy atom. The number of hydrogen-bond acceptors (Lipinski definition) is 6. The van der Waals surface area contributed by atoms with Gasteiger partial charge in [0.15, 0.2) is 0 Å². The number of carbonyl (C=O) groups excluding carboxylic acids is 3. The summed E-state index contributed by atoms with van der Waals surface area (Å²) < 4.78 is 15.9. The van der Waals surface area contributed by atoms with E-state index in [0.29, 0.717) is 0 Å². The molecule has 0 aromatic heterocycles. The van der Waals surface area contributed by atoms with Gasteiger partial charge in [-0.15, -0.1) is 0 Å². The van der Waals surface area contributed by atoms with E-state index in [9.17, 15) is 14.4 Å². The zero-order chi connectivity index (χ0) is 14.6. The van der Waals surface area contributed by atoms with Crippen LogP contribution in [0.5, 0.6) is 0 Å². The van der Waals surface area contributed by atoms with E-state index in [1.54, 1.807) is 6.92 Å². The fourth-order valence-electron chi connectivity index (χ4n) is 3.62. The van der Waals surface area contributed by atoms with Gasteiger partial charge in [-0.3, -0.25) is 9.59 Å². The van der Waals surface area contributed by atoms with Crippen LogP contribution in [0.15, 0.2) is 12.2 Å². The Bertz CT molecular complexity index is 510. The van der Waals surface area contributed by atoms with E-state index in [-0.39, 0.29) is 29.8 Å². The van der Waals surface area contributed by atoms with E-state index in [0.717, 1.165) is 0 Å². The van der Waals surface area contributed by atoms with Crippen molar-refractivity contribution in [1.29, 1.82) is 0 Å². The molecule has 0 radical (unpaired) electrons. The van der Waals surface area contributed by atoms with Gasteiger partial charge in [0.1, 0.15) is 18.0 Å². The largest absolute Gasteiger partial charge is 0.469 e. The topological polar surface area (TPSA) is 78.9 Å². The van der Waals surface area contributed by atoms with Crippen molar-refractivity contribution in [2.24, 2.45) is 17.8 Å². The molecule has 0 spiro atoms. The highest BCUT2D eigenvalue weighted by molar-refractivity contribution is 5.92. The molecule has 2 saturated heterocycles. The van der Waals surface area contributed by atoms with Crippen LogP contribution in [0.1, 0.15) is 13.3 Å². The third-order valence-electron chi connectivity index (χ3n) is 4.45. The minimum atomic E-state index is -0.667. The van der Waals surface area contributed by atoms with Crippen LogP contribution in [0.4, 0.5) is 0 Å². The minimum absolute atomic E-state index is 0.00762. The molecule has 6 atom stereocenters. The van der Waals surface area contributed by atoms with Gasteiger partial charge in [-0.25, -0.2) is 4.79 Å². The molecule has 1 saturated carbocycles. The molecule has 3 fully saturated rings. The van der Waals surface area contributed by atoms with Crippen LogP contribution >= 0.6 is 0 Å². The Kier molecular flexibility index (Phi) is 2.93. The van der Waals surface area contributed by atoms with Crippen LogP contribution in [0.3, 0.4) is 0 Å². The lowest BCUT2D eigenvalue weighted by molar-refractivity contribution is -0.158. The number of hydrogen-bond donors (Lipinski definition) is 0. The highest BCUT2D eigenvalue weighted by Crippen LogP contribution is 2.55. The molecule has 2 bridgehead atoms. The Balaban J connectivity index is 1.88. The van der Waals surface area contributed by atoms with E-state index in [4.69, 9.17) is 14.2 Å². The SMILES string of the molecule is C=C(C)C(=O)OC1C2CC(=O)C3C2OC1C3C(=O)OC. The summed E-state index contributed by atoms with van der Waals surface area (Å²) in [5, 5.41) is 0. The summed E-state index contributed by atoms with van der Waals surface area (Å²) in [5.74, 6) is -2.27. The molecule has 0 aromatic carbocycles. The maximum absolute atomic E-state index is 12.0. The third kappa shape index (κ3) is 1.64. The Morgan fingerprint density at radius 3 is 2.65 bits per heavy atom. The van der Waals surface area contributed by atoms with Gasteiger partial charge in [-0.1, -0.05) is 6.58 Å². The quantitative estimate of drug-likeness (QED) is 0.544. The van der Waals surface area contributed by atoms with Crippen molar-refractivity contribution < 1.29 is 28.6 Å². The number of Topliss-reactive ketones (excluding diaryl/α,β-unsaturated/α-hetero) is 1. The number of methoxy groups -OCH3 is 1. The Morgan fingerprint density at radius 1 is 1.35 bits per heavy atom. The van der Waals surface area contributed by atoms with Gasteiger partial charge in [0.25, 0.3) is 0 Å². The van der Waals surface area contributed by atoms with Crippen LogP contribution in [-0.2, 0) is 28.6 Å². The molecular weight excluding hydrogens is 264 g/mol. The van der Waals surface area contributed by atoms with E-state index >= 15 is 0 Å². The zero-order valence-electron chi connectivity index (χ0n) is 11.3. The van der Waals surface area contributed by atoms with Crippen molar-refractivity contribution in [3.05, 3.63) is 12.2 Å². The summed E-state index contributed by atoms with van der Waals surface area (Å²) in [6.07, 6.45) is -1.21. The fourth-order valence-corrected chi connectivity index (χ4v) is 3.62. The molecule has 1 aliphatic carbocycles. The number of ether oxygens (including phenoxy) is 3. The van der Waals surface area contributed by atoms with Gasteiger partial charge in [0, 0.05) is 17.9 Å². The number of fused-ring (bicyclic) bond motifs is 1. The summed E-state index contributed by atoms with van der Waals surface area (Å²) in [6.45, 7) is 5.08. The Hall–Kier alpha value is -1.69. The van der Waals surface area contributed by atoms with Gasteiger partial charge >= 0.3 is 11.9 Å². The summed E-state index contributed by atoms with van der Waals surface area (Å²) in [6, 6.07) is 0. The van der Waals surface area contributed by atoms with Crippen LogP contribution in [0.25, 0.3) is 0 Å². The number of ketones is 1. The first kappa shape index (κ1) is 13.3. The fraction of sp³-hybridized carbons (Fsp3) is 0.643. The molecule has 20 heavy (non-hydrogen) atoms. The average Bonchev–Trinajstić information content (AvgIpc) is 3.00. The molecule has 108 valence electrons. The molecule has 6 nitrogen and oxygen atoms in total. The number of carbonyl (C=O) groups is 3. The summed E-state index contributed by atoms with van der Waals surface area (Å²) in [4.78, 5) is 35.6. The van der Waals surface area contributed by atoms with Gasteiger partial charge in [0.05, 0.1) is 25.0 Å². The number of rotatable bonds is 3. The van der Waals surface area contributed by atoms with Crippen LogP contribution in [0, 0.1) is 17.8 Å². The van der Waals surface area contributed by atoms with Crippen molar-refractivity contribution in [2.75, 3.05) is 7.11 Å². The van der Waals surface area contributed by atoms with Crippen molar-refractivity contribution in [3.63, 3.8) is 0 Å². The van der Waals surface area contributed by atoms with Crippen molar-refractivity contribution in [1.82, 2.24) is 0 Å². The third-order valence-corrected chi connectivity index (χ3v) is 4.45. The van der Waals surface area contributed by atoms with Gasteiger partial charge in [-0.05, 0) is 6.92 Å². The first-order chi connectivity index (χ1) is 9.45. The maximum Gasteiger partial charge on any atom is 0.333 e. The highest BCUT2D eigenvalue weighted by Gasteiger charge is 2.69. The van der Waals surface area contributed by atoms with Gasteiger partial charge in [0.2, 0.25) is 0 Å². The molecule has 6 unspecified atom stereocenters. The first-order valence-electron chi connectivity index (χ1n) is 6.58. The van der Waals surface area contributed by atoms with Crippen LogP contribution in [0.2, 0.25) is 0 Å². The zero-order valence-corrected chi connectivity index (χ0v) is 11.3. The molecule has 0 amide bonds. The second kappa shape index (κ2) is 4.41. The smallest absolute Gasteiger partial charge is 0.333 e. The van der Waals surface area contributed by atoms with E-state index in [2.05, 4.69) is 6.58 Å². The lowest BCUT2D eigenvalue weighted by atomic mass is 9.78. The summed E-state index contributed by atoms with van der Waals surface area (Å²) >= 11 is 0. The monoisotopic (exact) mass is 280 g/mol. The molecule has 2 aliphatic heterocycles. The molecule has 0 aromatic rings. The molecule has 6 heteroatoms. The molecule has 0 N–H and O–H groups in total. The second-order valence-corrected chi connectivity index (χ2v) is 5.62. The molecule has 3 rings (SSSR count). The average molecular weight is 280 g/mol. The molecular formula is C14H16O6. The summed E-state index contributed by atoms with van der Waals surface area (Å²) in [7, 11) is 1.28. The van der Waals surface area contributed by atoms with Crippen LogP contribution < -0.4 is 0 Å². The van der Waals surface area contributed by atoms with E-state index in [1.165, 1.54) is 7.11 Å². The second-order valence-electron chi connectivity index (χ2n) is 5.62.